The maximum Gasteiger partial charge on any atom is 0.339 e. The van der Waals surface area contributed by atoms with E-state index in [1.54, 1.807) is 14.0 Å². The number of carbonyl (C=O) groups excluding carboxylic acids is 2. The van der Waals surface area contributed by atoms with Crippen LogP contribution in [0.5, 0.6) is 5.75 Å². The van der Waals surface area contributed by atoms with Crippen molar-refractivity contribution in [2.45, 2.75) is 39.2 Å². The van der Waals surface area contributed by atoms with Crippen molar-refractivity contribution in [3.63, 3.8) is 0 Å². The smallest absolute Gasteiger partial charge is 0.339 e. The summed E-state index contributed by atoms with van der Waals surface area (Å²) >= 11 is 0. The Labute approximate surface area is 193 Å². The summed E-state index contributed by atoms with van der Waals surface area (Å²) in [5, 5.41) is 3.52. The van der Waals surface area contributed by atoms with Crippen LogP contribution >= 0.6 is 0 Å². The average molecular weight is 445 g/mol. The first kappa shape index (κ1) is 22.5. The summed E-state index contributed by atoms with van der Waals surface area (Å²) in [5.74, 6) is 0.0187. The van der Waals surface area contributed by atoms with Crippen LogP contribution in [0.2, 0.25) is 0 Å². The lowest BCUT2D eigenvalue weighted by molar-refractivity contribution is -0.129. The molecule has 2 aromatic carbocycles. The zero-order valence-corrected chi connectivity index (χ0v) is 19.2. The molecule has 1 amide bonds. The van der Waals surface area contributed by atoms with Crippen molar-refractivity contribution in [3.8, 4) is 5.75 Å². The van der Waals surface area contributed by atoms with Crippen LogP contribution in [0.3, 0.4) is 0 Å². The minimum Gasteiger partial charge on any atom is -0.497 e. The Morgan fingerprint density at radius 2 is 1.88 bits per heavy atom. The number of rotatable bonds is 7. The van der Waals surface area contributed by atoms with Crippen molar-refractivity contribution in [2.24, 2.45) is 0 Å². The summed E-state index contributed by atoms with van der Waals surface area (Å²) in [5.41, 5.74) is 5.04. The summed E-state index contributed by atoms with van der Waals surface area (Å²) in [6, 6.07) is 15.4. The van der Waals surface area contributed by atoms with Gasteiger partial charge in [-0.2, -0.15) is 0 Å². The van der Waals surface area contributed by atoms with Gasteiger partial charge in [0.15, 0.2) is 6.10 Å². The second-order valence-electron chi connectivity index (χ2n) is 8.11. The van der Waals surface area contributed by atoms with E-state index in [4.69, 9.17) is 14.5 Å². The SMILES string of the molecule is CCCNC(=O)C(C)OC(=O)c1c2c(nc3ccccc13)C(=Cc1ccc(OC)cc1)CC2. The van der Waals surface area contributed by atoms with Gasteiger partial charge in [0.1, 0.15) is 5.75 Å². The zero-order chi connectivity index (χ0) is 23.4. The van der Waals surface area contributed by atoms with Gasteiger partial charge in [0.25, 0.3) is 5.91 Å². The van der Waals surface area contributed by atoms with Gasteiger partial charge >= 0.3 is 5.97 Å². The third-order valence-corrected chi connectivity index (χ3v) is 5.80. The highest BCUT2D eigenvalue weighted by Crippen LogP contribution is 2.38. The first-order valence-corrected chi connectivity index (χ1v) is 11.3. The number of hydrogen-bond donors (Lipinski definition) is 1. The van der Waals surface area contributed by atoms with Crippen LogP contribution in [0.1, 0.15) is 53.9 Å². The predicted molar refractivity (Wildman–Crippen MR) is 129 cm³/mol. The Morgan fingerprint density at radius 3 is 2.61 bits per heavy atom. The Kier molecular flexibility index (Phi) is 6.73. The molecular formula is C27H28N2O4. The molecule has 1 N–H and O–H groups in total. The van der Waals surface area contributed by atoms with E-state index >= 15 is 0 Å². The molecule has 33 heavy (non-hydrogen) atoms. The number of allylic oxidation sites excluding steroid dienone is 1. The first-order chi connectivity index (χ1) is 16.0. The van der Waals surface area contributed by atoms with E-state index in [-0.39, 0.29) is 5.91 Å². The lowest BCUT2D eigenvalue weighted by Gasteiger charge is -2.16. The topological polar surface area (TPSA) is 77.5 Å². The molecule has 0 spiro atoms. The number of aromatic nitrogens is 1. The van der Waals surface area contributed by atoms with Gasteiger partial charge in [0, 0.05) is 11.9 Å². The van der Waals surface area contributed by atoms with Crippen LogP contribution in [0.15, 0.2) is 48.5 Å². The highest BCUT2D eigenvalue weighted by Gasteiger charge is 2.29. The molecule has 6 heteroatoms. The molecule has 0 aliphatic heterocycles. The van der Waals surface area contributed by atoms with Crippen LogP contribution in [0.4, 0.5) is 0 Å². The van der Waals surface area contributed by atoms with Gasteiger partial charge in [0.05, 0.1) is 23.9 Å². The number of methoxy groups -OCH3 is 1. The molecule has 0 radical (unpaired) electrons. The van der Waals surface area contributed by atoms with Gasteiger partial charge in [-0.1, -0.05) is 37.3 Å². The van der Waals surface area contributed by atoms with Crippen molar-refractivity contribution in [3.05, 3.63) is 70.9 Å². The maximum absolute atomic E-state index is 13.3. The van der Waals surface area contributed by atoms with E-state index in [1.165, 1.54) is 0 Å². The van der Waals surface area contributed by atoms with Crippen molar-refractivity contribution in [1.82, 2.24) is 10.3 Å². The molecule has 1 unspecified atom stereocenters. The molecular weight excluding hydrogens is 416 g/mol. The molecule has 1 aliphatic rings. The number of fused-ring (bicyclic) bond motifs is 2. The number of nitrogens with one attached hydrogen (secondary N) is 1. The fourth-order valence-corrected chi connectivity index (χ4v) is 4.08. The van der Waals surface area contributed by atoms with Crippen molar-refractivity contribution in [1.29, 1.82) is 0 Å². The molecule has 0 bridgehead atoms. The fourth-order valence-electron chi connectivity index (χ4n) is 4.08. The normalized spacial score (nSPS) is 14.7. The van der Waals surface area contributed by atoms with Crippen LogP contribution in [-0.4, -0.2) is 36.6 Å². The summed E-state index contributed by atoms with van der Waals surface area (Å²) in [6.07, 6.45) is 3.51. The number of para-hydroxylation sites is 1. The molecule has 0 fully saturated rings. The molecule has 4 rings (SSSR count). The summed E-state index contributed by atoms with van der Waals surface area (Å²) in [6.45, 7) is 4.12. The van der Waals surface area contributed by atoms with Crippen molar-refractivity contribution in [2.75, 3.05) is 13.7 Å². The third kappa shape index (κ3) is 4.75. The number of benzene rings is 2. The Morgan fingerprint density at radius 1 is 1.12 bits per heavy atom. The largest absolute Gasteiger partial charge is 0.497 e. The standard InChI is InChI=1S/C27H28N2O4/c1-4-15-28-26(30)17(2)33-27(31)24-21-7-5-6-8-23(21)29-25-19(11-14-22(24)25)16-18-9-12-20(32-3)13-10-18/h5-10,12-13,16-17H,4,11,14-15H2,1-3H3,(H,28,30). The molecule has 170 valence electrons. The maximum atomic E-state index is 13.3. The highest BCUT2D eigenvalue weighted by molar-refractivity contribution is 6.07. The predicted octanol–water partition coefficient (Wildman–Crippen LogP) is 4.80. The molecule has 1 atom stereocenters. The van der Waals surface area contributed by atoms with Crippen LogP contribution in [0.25, 0.3) is 22.6 Å². The third-order valence-electron chi connectivity index (χ3n) is 5.80. The second-order valence-corrected chi connectivity index (χ2v) is 8.11. The summed E-state index contributed by atoms with van der Waals surface area (Å²) in [7, 11) is 1.64. The molecule has 6 nitrogen and oxygen atoms in total. The van der Waals surface area contributed by atoms with E-state index in [0.717, 1.165) is 51.9 Å². The highest BCUT2D eigenvalue weighted by atomic mass is 16.5. The number of amides is 1. The molecule has 0 saturated heterocycles. The number of carbonyl (C=O) groups is 2. The summed E-state index contributed by atoms with van der Waals surface area (Å²) < 4.78 is 10.8. The number of hydrogen-bond acceptors (Lipinski definition) is 5. The zero-order valence-electron chi connectivity index (χ0n) is 19.2. The van der Waals surface area contributed by atoms with Gasteiger partial charge in [-0.3, -0.25) is 4.79 Å². The Bertz CT molecular complexity index is 1210. The summed E-state index contributed by atoms with van der Waals surface area (Å²) in [4.78, 5) is 30.4. The van der Waals surface area contributed by atoms with E-state index in [1.807, 2.05) is 55.5 Å². The number of nitrogens with zero attached hydrogens (tertiary/aromatic N) is 1. The number of esters is 1. The van der Waals surface area contributed by atoms with Crippen LogP contribution in [-0.2, 0) is 16.0 Å². The van der Waals surface area contributed by atoms with Crippen molar-refractivity contribution >= 4 is 34.4 Å². The van der Waals surface area contributed by atoms with Gasteiger partial charge < -0.3 is 14.8 Å². The molecule has 0 saturated carbocycles. The average Bonchev–Trinajstić information content (AvgIpc) is 3.23. The van der Waals surface area contributed by atoms with E-state index in [0.29, 0.717) is 18.5 Å². The Hall–Kier alpha value is -3.67. The monoisotopic (exact) mass is 444 g/mol. The lowest BCUT2D eigenvalue weighted by Crippen LogP contribution is -2.36. The van der Waals surface area contributed by atoms with E-state index < -0.39 is 12.1 Å². The molecule has 1 aliphatic carbocycles. The van der Waals surface area contributed by atoms with E-state index in [9.17, 15) is 9.59 Å². The lowest BCUT2D eigenvalue weighted by atomic mass is 10.0. The Balaban J connectivity index is 1.71. The molecule has 1 heterocycles. The molecule has 3 aromatic rings. The number of ether oxygens (including phenoxy) is 2. The molecule has 1 aromatic heterocycles. The minimum absolute atomic E-state index is 0.291. The first-order valence-electron chi connectivity index (χ1n) is 11.3. The quantitative estimate of drug-likeness (QED) is 0.530. The minimum atomic E-state index is -0.873. The van der Waals surface area contributed by atoms with Crippen molar-refractivity contribution < 1.29 is 19.1 Å². The van der Waals surface area contributed by atoms with Gasteiger partial charge in [-0.05, 0) is 67.2 Å². The number of pyridine rings is 1. The van der Waals surface area contributed by atoms with E-state index in [2.05, 4.69) is 11.4 Å². The van der Waals surface area contributed by atoms with Crippen LogP contribution in [0, 0.1) is 0 Å². The van der Waals surface area contributed by atoms with Crippen LogP contribution < -0.4 is 10.1 Å². The second kappa shape index (κ2) is 9.86. The fraction of sp³-hybridized carbons (Fsp3) is 0.296. The van der Waals surface area contributed by atoms with Gasteiger partial charge in [-0.25, -0.2) is 9.78 Å². The van der Waals surface area contributed by atoms with Gasteiger partial charge in [-0.15, -0.1) is 0 Å². The van der Waals surface area contributed by atoms with Gasteiger partial charge in [0.2, 0.25) is 0 Å².